The third-order valence-corrected chi connectivity index (χ3v) is 5.14. The van der Waals surface area contributed by atoms with E-state index in [0.29, 0.717) is 43.9 Å². The number of carboxylic acids is 1. The normalized spacial score (nSPS) is 14.8. The second-order valence-corrected chi connectivity index (χ2v) is 7.23. The van der Waals surface area contributed by atoms with Gasteiger partial charge in [0.1, 0.15) is 5.82 Å². The van der Waals surface area contributed by atoms with Gasteiger partial charge in [-0.2, -0.15) is 0 Å². The molecule has 1 aliphatic rings. The van der Waals surface area contributed by atoms with Crippen molar-refractivity contribution in [3.8, 4) is 0 Å². The van der Waals surface area contributed by atoms with Crippen molar-refractivity contribution in [2.24, 2.45) is 5.92 Å². The summed E-state index contributed by atoms with van der Waals surface area (Å²) in [5.74, 6) is -2.18. The monoisotopic (exact) mass is 388 g/mol. The Morgan fingerprint density at radius 2 is 1.82 bits per heavy atom. The molecule has 0 atom stereocenters. The number of hydrogen-bond acceptors (Lipinski definition) is 5. The Morgan fingerprint density at radius 3 is 2.36 bits per heavy atom. The molecule has 1 aromatic heterocycles. The summed E-state index contributed by atoms with van der Waals surface area (Å²) in [4.78, 5) is 39.4. The van der Waals surface area contributed by atoms with E-state index in [9.17, 15) is 23.9 Å². The molecule has 0 radical (unpaired) electrons. The Kier molecular flexibility index (Phi) is 5.40. The number of carbonyl (C=O) groups is 2. The van der Waals surface area contributed by atoms with E-state index in [4.69, 9.17) is 0 Å². The predicted molar refractivity (Wildman–Crippen MR) is 102 cm³/mol. The molecule has 7 nitrogen and oxygen atoms in total. The van der Waals surface area contributed by atoms with Gasteiger partial charge < -0.3 is 24.3 Å². The van der Waals surface area contributed by atoms with Crippen molar-refractivity contribution < 1.29 is 19.1 Å². The van der Waals surface area contributed by atoms with E-state index in [-0.39, 0.29) is 17.2 Å². The zero-order valence-electron chi connectivity index (χ0n) is 16.2. The first-order valence-corrected chi connectivity index (χ1v) is 9.36. The van der Waals surface area contributed by atoms with Gasteiger partial charge in [-0.3, -0.25) is 9.59 Å². The Balaban J connectivity index is 1.99. The molecule has 0 saturated carbocycles. The number of hydrogen-bond donors (Lipinski definition) is 0. The summed E-state index contributed by atoms with van der Waals surface area (Å²) >= 11 is 0. The molecule has 0 N–H and O–H groups in total. The van der Waals surface area contributed by atoms with Gasteiger partial charge in [-0.1, -0.05) is 13.8 Å². The SMILES string of the molecule is CCn1cc(C(=O)[O-])c(=O)c2cc(F)c(N3CCN(C(=O)C(C)C)CC3)cc21. The number of halogens is 1. The molecule has 0 spiro atoms. The molecule has 28 heavy (non-hydrogen) atoms. The summed E-state index contributed by atoms with van der Waals surface area (Å²) in [7, 11) is 0. The van der Waals surface area contributed by atoms with Gasteiger partial charge in [0.2, 0.25) is 5.91 Å². The summed E-state index contributed by atoms with van der Waals surface area (Å²) < 4.78 is 16.4. The highest BCUT2D eigenvalue weighted by atomic mass is 19.1. The van der Waals surface area contributed by atoms with Crippen LogP contribution < -0.4 is 15.4 Å². The lowest BCUT2D eigenvalue weighted by atomic mass is 10.1. The molecule has 0 aliphatic carbocycles. The van der Waals surface area contributed by atoms with Gasteiger partial charge in [0, 0.05) is 50.2 Å². The van der Waals surface area contributed by atoms with Crippen LogP contribution >= 0.6 is 0 Å². The molecule has 1 aromatic carbocycles. The molecule has 1 fully saturated rings. The van der Waals surface area contributed by atoms with Crippen LogP contribution in [-0.2, 0) is 11.3 Å². The Morgan fingerprint density at radius 1 is 1.18 bits per heavy atom. The highest BCUT2D eigenvalue weighted by Crippen LogP contribution is 2.26. The van der Waals surface area contributed by atoms with Crippen LogP contribution in [0.15, 0.2) is 23.1 Å². The van der Waals surface area contributed by atoms with Crippen LogP contribution in [0.3, 0.4) is 0 Å². The van der Waals surface area contributed by atoms with E-state index in [1.54, 1.807) is 15.5 Å². The first-order valence-electron chi connectivity index (χ1n) is 9.36. The van der Waals surface area contributed by atoms with Gasteiger partial charge >= 0.3 is 0 Å². The number of aromatic carboxylic acids is 1. The van der Waals surface area contributed by atoms with Crippen LogP contribution in [0.25, 0.3) is 10.9 Å². The summed E-state index contributed by atoms with van der Waals surface area (Å²) in [5, 5.41) is 11.2. The second kappa shape index (κ2) is 7.61. The molecule has 150 valence electrons. The van der Waals surface area contributed by atoms with E-state index >= 15 is 0 Å². The number of fused-ring (bicyclic) bond motifs is 1. The molecule has 1 amide bonds. The molecule has 0 unspecified atom stereocenters. The number of benzene rings is 1. The highest BCUT2D eigenvalue weighted by molar-refractivity contribution is 5.92. The number of anilines is 1. The van der Waals surface area contributed by atoms with Crippen LogP contribution in [0, 0.1) is 11.7 Å². The lowest BCUT2D eigenvalue weighted by Gasteiger charge is -2.37. The third kappa shape index (κ3) is 3.46. The Bertz CT molecular complexity index is 991. The maximum atomic E-state index is 14.8. The van der Waals surface area contributed by atoms with E-state index < -0.39 is 22.8 Å². The van der Waals surface area contributed by atoms with Crippen molar-refractivity contribution >= 4 is 28.5 Å². The van der Waals surface area contributed by atoms with Crippen LogP contribution in [0.4, 0.5) is 10.1 Å². The van der Waals surface area contributed by atoms with E-state index in [1.165, 1.54) is 6.20 Å². The maximum Gasteiger partial charge on any atom is 0.225 e. The molecule has 3 rings (SSSR count). The molecular formula is C20H23FN3O4-. The van der Waals surface area contributed by atoms with Crippen LogP contribution in [-0.4, -0.2) is 47.5 Å². The number of piperazine rings is 1. The number of carboxylic acid groups (broad SMARTS) is 1. The molecular weight excluding hydrogens is 365 g/mol. The van der Waals surface area contributed by atoms with Gasteiger partial charge in [0.05, 0.1) is 22.7 Å². The number of aromatic nitrogens is 1. The summed E-state index contributed by atoms with van der Waals surface area (Å²) in [5.41, 5.74) is -0.429. The molecule has 2 heterocycles. The third-order valence-electron chi connectivity index (χ3n) is 5.14. The number of carbonyl (C=O) groups excluding carboxylic acids is 2. The molecule has 1 aliphatic heterocycles. The Labute approximate surface area is 162 Å². The molecule has 1 saturated heterocycles. The number of rotatable bonds is 4. The standard InChI is InChI=1S/C20H24FN3O4/c1-4-22-11-14(20(27)28)18(25)13-9-15(21)17(10-16(13)22)23-5-7-24(8-6-23)19(26)12(2)3/h9-12H,4-8H2,1-3H3,(H,27,28)/p-1. The van der Waals surface area contributed by atoms with Crippen molar-refractivity contribution in [1.82, 2.24) is 9.47 Å². The van der Waals surface area contributed by atoms with Crippen molar-refractivity contribution in [1.29, 1.82) is 0 Å². The molecule has 2 aromatic rings. The predicted octanol–water partition coefficient (Wildman–Crippen LogP) is 0.829. The zero-order chi connectivity index (χ0) is 20.6. The summed E-state index contributed by atoms with van der Waals surface area (Å²) in [6.07, 6.45) is 1.24. The van der Waals surface area contributed by atoms with Crippen molar-refractivity contribution in [2.45, 2.75) is 27.3 Å². The van der Waals surface area contributed by atoms with E-state index in [2.05, 4.69) is 0 Å². The average molecular weight is 388 g/mol. The fourth-order valence-corrected chi connectivity index (χ4v) is 3.58. The lowest BCUT2D eigenvalue weighted by Crippen LogP contribution is -2.50. The first kappa shape index (κ1) is 19.9. The molecule has 8 heteroatoms. The van der Waals surface area contributed by atoms with E-state index in [1.807, 2.05) is 25.7 Å². The lowest BCUT2D eigenvalue weighted by molar-refractivity contribution is -0.255. The van der Waals surface area contributed by atoms with Crippen molar-refractivity contribution in [2.75, 3.05) is 31.1 Å². The van der Waals surface area contributed by atoms with Crippen LogP contribution in [0.2, 0.25) is 0 Å². The minimum atomic E-state index is -1.58. The summed E-state index contributed by atoms with van der Waals surface area (Å²) in [6, 6.07) is 2.67. The smallest absolute Gasteiger partial charge is 0.225 e. The van der Waals surface area contributed by atoms with Crippen LogP contribution in [0.1, 0.15) is 31.1 Å². The summed E-state index contributed by atoms with van der Waals surface area (Å²) in [6.45, 7) is 7.88. The zero-order valence-corrected chi connectivity index (χ0v) is 16.2. The fraction of sp³-hybridized carbons (Fsp3) is 0.450. The van der Waals surface area contributed by atoms with Crippen LogP contribution in [0.5, 0.6) is 0 Å². The number of pyridine rings is 1. The fourth-order valence-electron chi connectivity index (χ4n) is 3.58. The van der Waals surface area contributed by atoms with Gasteiger partial charge in [-0.25, -0.2) is 4.39 Å². The van der Waals surface area contributed by atoms with Crippen molar-refractivity contribution in [3.05, 3.63) is 39.9 Å². The first-order chi connectivity index (χ1) is 13.2. The maximum absolute atomic E-state index is 14.8. The minimum Gasteiger partial charge on any atom is -0.545 e. The van der Waals surface area contributed by atoms with Gasteiger partial charge in [0.25, 0.3) is 0 Å². The topological polar surface area (TPSA) is 85.7 Å². The molecule has 0 bridgehead atoms. The van der Waals surface area contributed by atoms with E-state index in [0.717, 1.165) is 6.07 Å². The second-order valence-electron chi connectivity index (χ2n) is 7.23. The average Bonchev–Trinajstić information content (AvgIpc) is 2.67. The van der Waals surface area contributed by atoms with Gasteiger partial charge in [-0.15, -0.1) is 0 Å². The highest BCUT2D eigenvalue weighted by Gasteiger charge is 2.25. The number of amides is 1. The van der Waals surface area contributed by atoms with Gasteiger partial charge in [0.15, 0.2) is 5.43 Å². The number of aryl methyl sites for hydroxylation is 1. The minimum absolute atomic E-state index is 0.0124. The van der Waals surface area contributed by atoms with Gasteiger partial charge in [-0.05, 0) is 19.1 Å². The largest absolute Gasteiger partial charge is 0.545 e. The number of nitrogens with zero attached hydrogens (tertiary/aromatic N) is 3. The van der Waals surface area contributed by atoms with Crippen molar-refractivity contribution in [3.63, 3.8) is 0 Å². The Hall–Kier alpha value is -2.90. The quantitative estimate of drug-likeness (QED) is 0.774.